The highest BCUT2D eigenvalue weighted by Gasteiger charge is 2.66. The Morgan fingerprint density at radius 1 is 1.16 bits per heavy atom. The molecule has 1 aliphatic heterocycles. The molecule has 1 unspecified atom stereocenters. The summed E-state index contributed by atoms with van der Waals surface area (Å²) in [4.78, 5) is 15.5. The van der Waals surface area contributed by atoms with Gasteiger partial charge in [-0.1, -0.05) is 24.3 Å². The number of nitrogens with zero attached hydrogens (tertiary/aromatic N) is 1. The zero-order valence-electron chi connectivity index (χ0n) is 18.9. The molecular weight excluding hydrogens is 420 g/mol. The molecule has 0 aromatic heterocycles. The molecule has 2 fully saturated rings. The molecule has 168 valence electrons. The molecule has 1 atom stereocenters. The molecule has 2 aromatic carbocycles. The maximum Gasteiger partial charge on any atom is 0.259 e. The number of nitrogens with one attached hydrogen (secondary N) is 1. The maximum atomic E-state index is 13.9. The molecule has 32 heavy (non-hydrogen) atoms. The minimum atomic E-state index is -0.805. The van der Waals surface area contributed by atoms with Crippen LogP contribution in [-0.2, 0) is 21.5 Å². The van der Waals surface area contributed by atoms with Crippen molar-refractivity contribution in [2.24, 2.45) is 5.41 Å². The predicted octanol–water partition coefficient (Wildman–Crippen LogP) is 4.43. The predicted molar refractivity (Wildman–Crippen MR) is 129 cm³/mol. The number of fused-ring (bicyclic) bond motifs is 3. The lowest BCUT2D eigenvalue weighted by Crippen LogP contribution is -2.56. The number of ether oxygens (including phenoxy) is 2. The molecule has 2 aromatic rings. The fourth-order valence-corrected chi connectivity index (χ4v) is 6.36. The molecule has 0 bridgehead atoms. The third kappa shape index (κ3) is 3.00. The summed E-state index contributed by atoms with van der Waals surface area (Å²) in [6, 6.07) is 14.6. The van der Waals surface area contributed by atoms with Crippen LogP contribution < -0.4 is 10.1 Å². The van der Waals surface area contributed by atoms with Crippen LogP contribution >= 0.6 is 12.2 Å². The Kier molecular flexibility index (Phi) is 5.25. The number of amides is 1. The molecular formula is C26H30N2O3S. The third-order valence-electron chi connectivity index (χ3n) is 7.76. The molecule has 1 N–H and O–H groups in total. The monoisotopic (exact) mass is 450 g/mol. The van der Waals surface area contributed by atoms with Gasteiger partial charge < -0.3 is 14.8 Å². The second-order valence-corrected chi connectivity index (χ2v) is 9.65. The first-order valence-electron chi connectivity index (χ1n) is 11.4. The number of likely N-dealkylation sites (N-methyl/N-ethyl adjacent to an activating group) is 1. The first-order valence-corrected chi connectivity index (χ1v) is 11.8. The van der Waals surface area contributed by atoms with Crippen LogP contribution in [-0.4, -0.2) is 42.8 Å². The largest absolute Gasteiger partial charge is 0.497 e. The van der Waals surface area contributed by atoms with E-state index in [0.717, 1.165) is 61.2 Å². The number of hydrogen-bond donors (Lipinski definition) is 1. The van der Waals surface area contributed by atoms with Crippen molar-refractivity contribution in [1.82, 2.24) is 10.2 Å². The number of methoxy groups -OCH3 is 1. The van der Waals surface area contributed by atoms with Crippen molar-refractivity contribution in [3.63, 3.8) is 0 Å². The summed E-state index contributed by atoms with van der Waals surface area (Å²) in [6.45, 7) is 2.78. The van der Waals surface area contributed by atoms with Crippen molar-refractivity contribution < 1.29 is 14.3 Å². The molecule has 5 rings (SSSR count). The van der Waals surface area contributed by atoms with Crippen molar-refractivity contribution in [2.75, 3.05) is 20.8 Å². The fraction of sp³-hybridized carbons (Fsp3) is 0.462. The van der Waals surface area contributed by atoms with Crippen LogP contribution in [0.15, 0.2) is 42.5 Å². The van der Waals surface area contributed by atoms with Crippen molar-refractivity contribution in [3.05, 3.63) is 53.6 Å². The molecule has 5 nitrogen and oxygen atoms in total. The highest BCUT2D eigenvalue weighted by Crippen LogP contribution is 2.60. The first kappa shape index (κ1) is 21.4. The average Bonchev–Trinajstić information content (AvgIpc) is 3.21. The Labute approximate surface area is 195 Å². The standard InChI is InChI=1S/C26H30N2O3S/c1-4-31-20-10-12-25(13-11-20)16-19-9-8-18(17-6-5-7-21(14-17)30-3)15-22(19)26(25)23(29)28(2)24(32)27-26/h5-9,14-15,20H,4,10-13,16H2,1-3H3,(H,27,32). The summed E-state index contributed by atoms with van der Waals surface area (Å²) in [5.74, 6) is 0.887. The van der Waals surface area contributed by atoms with E-state index in [1.807, 2.05) is 25.1 Å². The van der Waals surface area contributed by atoms with Crippen LogP contribution in [0.2, 0.25) is 0 Å². The van der Waals surface area contributed by atoms with Crippen LogP contribution in [0, 0.1) is 5.41 Å². The number of hydrogen-bond acceptors (Lipinski definition) is 4. The minimum absolute atomic E-state index is 0.0684. The van der Waals surface area contributed by atoms with Crippen molar-refractivity contribution in [2.45, 2.75) is 50.7 Å². The van der Waals surface area contributed by atoms with Crippen LogP contribution in [0.25, 0.3) is 11.1 Å². The third-order valence-corrected chi connectivity index (χ3v) is 8.13. The van der Waals surface area contributed by atoms with E-state index in [0.29, 0.717) is 5.11 Å². The Morgan fingerprint density at radius 2 is 1.91 bits per heavy atom. The van der Waals surface area contributed by atoms with Crippen molar-refractivity contribution in [3.8, 4) is 16.9 Å². The zero-order valence-corrected chi connectivity index (χ0v) is 19.8. The molecule has 2 spiro atoms. The van der Waals surface area contributed by atoms with Gasteiger partial charge in [0.2, 0.25) is 0 Å². The molecule has 6 heteroatoms. The lowest BCUT2D eigenvalue weighted by Gasteiger charge is -2.46. The van der Waals surface area contributed by atoms with Gasteiger partial charge in [0, 0.05) is 19.1 Å². The highest BCUT2D eigenvalue weighted by atomic mass is 32.1. The van der Waals surface area contributed by atoms with E-state index in [1.54, 1.807) is 19.1 Å². The molecule has 0 radical (unpaired) electrons. The number of thiocarbonyl (C=S) groups is 1. The maximum absolute atomic E-state index is 13.9. The van der Waals surface area contributed by atoms with Crippen molar-refractivity contribution >= 4 is 23.2 Å². The van der Waals surface area contributed by atoms with E-state index >= 15 is 0 Å². The van der Waals surface area contributed by atoms with E-state index in [-0.39, 0.29) is 17.4 Å². The van der Waals surface area contributed by atoms with Gasteiger partial charge in [-0.15, -0.1) is 0 Å². The highest BCUT2D eigenvalue weighted by molar-refractivity contribution is 7.80. The first-order chi connectivity index (χ1) is 15.4. The number of benzene rings is 2. The van der Waals surface area contributed by atoms with Gasteiger partial charge in [0.15, 0.2) is 10.7 Å². The quantitative estimate of drug-likeness (QED) is 0.699. The van der Waals surface area contributed by atoms with Gasteiger partial charge >= 0.3 is 0 Å². The van der Waals surface area contributed by atoms with E-state index in [1.165, 1.54) is 5.56 Å². The van der Waals surface area contributed by atoms with Gasteiger partial charge in [-0.3, -0.25) is 9.69 Å². The van der Waals surface area contributed by atoms with E-state index in [2.05, 4.69) is 29.6 Å². The van der Waals surface area contributed by atoms with Gasteiger partial charge in [0.1, 0.15) is 5.75 Å². The van der Waals surface area contributed by atoms with Gasteiger partial charge in [0.05, 0.1) is 13.2 Å². The molecule has 1 heterocycles. The van der Waals surface area contributed by atoms with Crippen LogP contribution in [0.3, 0.4) is 0 Å². The summed E-state index contributed by atoms with van der Waals surface area (Å²) < 4.78 is 11.4. The van der Waals surface area contributed by atoms with Gasteiger partial charge in [-0.05, 0) is 91.7 Å². The van der Waals surface area contributed by atoms with Gasteiger partial charge in [-0.25, -0.2) is 0 Å². The zero-order chi connectivity index (χ0) is 22.5. The Hall–Kier alpha value is -2.44. The normalized spacial score (nSPS) is 29.0. The van der Waals surface area contributed by atoms with E-state index in [4.69, 9.17) is 21.7 Å². The van der Waals surface area contributed by atoms with E-state index in [9.17, 15) is 4.79 Å². The topological polar surface area (TPSA) is 50.8 Å². The molecule has 1 amide bonds. The lowest BCUT2D eigenvalue weighted by molar-refractivity contribution is -0.137. The SMILES string of the molecule is CCOC1CCC2(CC1)Cc1ccc(-c3cccc(OC)c3)cc1C21NC(=S)N(C)C1=O. The Morgan fingerprint density at radius 3 is 2.56 bits per heavy atom. The lowest BCUT2D eigenvalue weighted by atomic mass is 9.61. The number of carbonyl (C=O) groups excluding carboxylic acids is 1. The molecule has 1 saturated carbocycles. The number of carbonyl (C=O) groups is 1. The van der Waals surface area contributed by atoms with Crippen LogP contribution in [0.1, 0.15) is 43.7 Å². The average molecular weight is 451 g/mol. The van der Waals surface area contributed by atoms with Crippen molar-refractivity contribution in [1.29, 1.82) is 0 Å². The summed E-state index contributed by atoms with van der Waals surface area (Å²) in [7, 11) is 3.47. The van der Waals surface area contributed by atoms with E-state index < -0.39 is 5.54 Å². The fourth-order valence-electron chi connectivity index (χ4n) is 6.13. The second kappa shape index (κ2) is 7.85. The minimum Gasteiger partial charge on any atom is -0.497 e. The summed E-state index contributed by atoms with van der Waals surface area (Å²) >= 11 is 5.59. The second-order valence-electron chi connectivity index (χ2n) is 9.26. The molecule has 2 aliphatic carbocycles. The molecule has 1 saturated heterocycles. The Balaban J connectivity index is 1.61. The summed E-state index contributed by atoms with van der Waals surface area (Å²) in [5.41, 5.74) is 3.47. The number of rotatable bonds is 4. The molecule has 3 aliphatic rings. The summed E-state index contributed by atoms with van der Waals surface area (Å²) in [5, 5.41) is 4.05. The van der Waals surface area contributed by atoms with Gasteiger partial charge in [0.25, 0.3) is 5.91 Å². The Bertz CT molecular complexity index is 1080. The smallest absolute Gasteiger partial charge is 0.259 e. The van der Waals surface area contributed by atoms with Crippen LogP contribution in [0.5, 0.6) is 5.75 Å². The summed E-state index contributed by atoms with van der Waals surface area (Å²) in [6.07, 6.45) is 4.98. The van der Waals surface area contributed by atoms with Gasteiger partial charge in [-0.2, -0.15) is 0 Å². The van der Waals surface area contributed by atoms with Crippen LogP contribution in [0.4, 0.5) is 0 Å².